The van der Waals surface area contributed by atoms with Crippen LogP contribution in [0.4, 0.5) is 5.69 Å². The molecule has 0 aliphatic carbocycles. The number of ether oxygens (including phenoxy) is 2. The van der Waals surface area contributed by atoms with Crippen molar-refractivity contribution in [3.63, 3.8) is 0 Å². The summed E-state index contributed by atoms with van der Waals surface area (Å²) in [6.45, 7) is 1.29. The van der Waals surface area contributed by atoms with Crippen LogP contribution in [-0.4, -0.2) is 30.0 Å². The predicted molar refractivity (Wildman–Crippen MR) is 63.7 cm³/mol. The first-order chi connectivity index (χ1) is 8.95. The SMILES string of the molecule is CCOC(=O)c1ccc(OCC(N)=O)c([N+](=O)[O-])c1. The summed E-state index contributed by atoms with van der Waals surface area (Å²) in [5.74, 6) is -1.58. The molecule has 0 atom stereocenters. The summed E-state index contributed by atoms with van der Waals surface area (Å²) in [5, 5.41) is 10.9. The van der Waals surface area contributed by atoms with Gasteiger partial charge in [-0.1, -0.05) is 0 Å². The number of nitrogens with zero attached hydrogens (tertiary/aromatic N) is 1. The Labute approximate surface area is 108 Å². The third-order valence-electron chi connectivity index (χ3n) is 2.04. The first kappa shape index (κ1) is 14.4. The monoisotopic (exact) mass is 268 g/mol. The van der Waals surface area contributed by atoms with Gasteiger partial charge in [-0.3, -0.25) is 14.9 Å². The van der Waals surface area contributed by atoms with E-state index in [2.05, 4.69) is 0 Å². The van der Waals surface area contributed by atoms with Crippen LogP contribution in [0.3, 0.4) is 0 Å². The molecule has 1 aromatic carbocycles. The number of hydrogen-bond acceptors (Lipinski definition) is 6. The third-order valence-corrected chi connectivity index (χ3v) is 2.04. The van der Waals surface area contributed by atoms with Crippen molar-refractivity contribution in [2.75, 3.05) is 13.2 Å². The van der Waals surface area contributed by atoms with Crippen molar-refractivity contribution >= 4 is 17.6 Å². The minimum absolute atomic E-state index is 0.0278. The van der Waals surface area contributed by atoms with Gasteiger partial charge in [-0.25, -0.2) is 4.79 Å². The molecule has 0 heterocycles. The fourth-order valence-electron chi connectivity index (χ4n) is 1.27. The summed E-state index contributed by atoms with van der Waals surface area (Å²) < 4.78 is 9.61. The van der Waals surface area contributed by atoms with Gasteiger partial charge in [-0.2, -0.15) is 0 Å². The van der Waals surface area contributed by atoms with E-state index in [9.17, 15) is 19.7 Å². The quantitative estimate of drug-likeness (QED) is 0.459. The summed E-state index contributed by atoms with van der Waals surface area (Å²) >= 11 is 0. The molecule has 1 rings (SSSR count). The highest BCUT2D eigenvalue weighted by Gasteiger charge is 2.19. The molecule has 1 amide bonds. The van der Waals surface area contributed by atoms with E-state index in [0.29, 0.717) is 0 Å². The van der Waals surface area contributed by atoms with Crippen LogP contribution in [-0.2, 0) is 9.53 Å². The number of primary amides is 1. The molecule has 0 fully saturated rings. The van der Waals surface area contributed by atoms with Gasteiger partial charge in [-0.15, -0.1) is 0 Å². The van der Waals surface area contributed by atoms with Crippen molar-refractivity contribution in [3.8, 4) is 5.75 Å². The number of rotatable bonds is 6. The lowest BCUT2D eigenvalue weighted by molar-refractivity contribution is -0.385. The van der Waals surface area contributed by atoms with Gasteiger partial charge in [-0.05, 0) is 19.1 Å². The maximum Gasteiger partial charge on any atom is 0.338 e. The average molecular weight is 268 g/mol. The first-order valence-corrected chi connectivity index (χ1v) is 5.32. The molecule has 0 unspecified atom stereocenters. The van der Waals surface area contributed by atoms with E-state index in [1.54, 1.807) is 6.92 Å². The van der Waals surface area contributed by atoms with Crippen molar-refractivity contribution in [1.82, 2.24) is 0 Å². The van der Waals surface area contributed by atoms with E-state index in [-0.39, 0.29) is 17.9 Å². The fourth-order valence-corrected chi connectivity index (χ4v) is 1.27. The minimum atomic E-state index is -0.760. The summed E-state index contributed by atoms with van der Waals surface area (Å²) in [4.78, 5) is 32.1. The molecule has 1 aromatic rings. The lowest BCUT2D eigenvalue weighted by Crippen LogP contribution is -2.20. The lowest BCUT2D eigenvalue weighted by Gasteiger charge is -2.06. The Morgan fingerprint density at radius 3 is 2.63 bits per heavy atom. The molecule has 0 aromatic heterocycles. The van der Waals surface area contributed by atoms with Gasteiger partial charge in [0, 0.05) is 6.07 Å². The standard InChI is InChI=1S/C11H12N2O6/c1-2-18-11(15)7-3-4-9(19-6-10(12)14)8(5-7)13(16)17/h3-5H,2,6H2,1H3,(H2,12,14). The molecule has 8 nitrogen and oxygen atoms in total. The minimum Gasteiger partial charge on any atom is -0.477 e. The largest absolute Gasteiger partial charge is 0.477 e. The number of amides is 1. The average Bonchev–Trinajstić information content (AvgIpc) is 2.36. The van der Waals surface area contributed by atoms with E-state index in [1.807, 2.05) is 0 Å². The Bertz CT molecular complexity index is 514. The second kappa shape index (κ2) is 6.34. The zero-order valence-corrected chi connectivity index (χ0v) is 10.1. The second-order valence-corrected chi connectivity index (χ2v) is 3.42. The molecule has 0 saturated heterocycles. The molecule has 0 saturated carbocycles. The molecule has 0 spiro atoms. The number of nitrogens with two attached hydrogens (primary N) is 1. The normalized spacial score (nSPS) is 9.74. The van der Waals surface area contributed by atoms with Crippen LogP contribution in [0.2, 0.25) is 0 Å². The van der Waals surface area contributed by atoms with E-state index in [4.69, 9.17) is 15.2 Å². The smallest absolute Gasteiger partial charge is 0.338 e. The Hall–Kier alpha value is -2.64. The van der Waals surface area contributed by atoms with Crippen molar-refractivity contribution in [1.29, 1.82) is 0 Å². The van der Waals surface area contributed by atoms with Crippen LogP contribution < -0.4 is 10.5 Å². The van der Waals surface area contributed by atoms with Crippen molar-refractivity contribution in [2.45, 2.75) is 6.92 Å². The van der Waals surface area contributed by atoms with Gasteiger partial charge in [0.1, 0.15) is 0 Å². The molecular formula is C11H12N2O6. The second-order valence-electron chi connectivity index (χ2n) is 3.42. The highest BCUT2D eigenvalue weighted by Crippen LogP contribution is 2.28. The number of esters is 1. The summed E-state index contributed by atoms with van der Waals surface area (Å²) in [7, 11) is 0. The molecule has 0 bridgehead atoms. The molecule has 19 heavy (non-hydrogen) atoms. The molecule has 102 valence electrons. The van der Waals surface area contributed by atoms with Crippen LogP contribution in [0.5, 0.6) is 5.75 Å². The Kier molecular flexibility index (Phi) is 4.81. The molecule has 8 heteroatoms. The van der Waals surface area contributed by atoms with E-state index in [0.717, 1.165) is 6.07 Å². The maximum atomic E-state index is 11.4. The highest BCUT2D eigenvalue weighted by atomic mass is 16.6. The zero-order chi connectivity index (χ0) is 14.4. The fraction of sp³-hybridized carbons (Fsp3) is 0.273. The van der Waals surface area contributed by atoms with Gasteiger partial charge < -0.3 is 15.2 Å². The lowest BCUT2D eigenvalue weighted by atomic mass is 10.2. The van der Waals surface area contributed by atoms with E-state index < -0.39 is 29.1 Å². The summed E-state index contributed by atoms with van der Waals surface area (Å²) in [6.07, 6.45) is 0. The molecule has 0 aliphatic rings. The zero-order valence-electron chi connectivity index (χ0n) is 10.1. The van der Waals surface area contributed by atoms with Gasteiger partial charge in [0.2, 0.25) is 0 Å². The van der Waals surface area contributed by atoms with Gasteiger partial charge in [0.05, 0.1) is 17.1 Å². The van der Waals surface area contributed by atoms with E-state index in [1.165, 1.54) is 12.1 Å². The Balaban J connectivity index is 3.04. The Morgan fingerprint density at radius 1 is 1.42 bits per heavy atom. The number of benzene rings is 1. The first-order valence-electron chi connectivity index (χ1n) is 5.32. The summed E-state index contributed by atoms with van der Waals surface area (Å²) in [5.41, 5.74) is 4.47. The molecule has 2 N–H and O–H groups in total. The predicted octanol–water partition coefficient (Wildman–Crippen LogP) is 0.636. The van der Waals surface area contributed by atoms with Crippen LogP contribution in [0.15, 0.2) is 18.2 Å². The van der Waals surface area contributed by atoms with Crippen LogP contribution >= 0.6 is 0 Å². The van der Waals surface area contributed by atoms with Gasteiger partial charge in [0.15, 0.2) is 12.4 Å². The van der Waals surface area contributed by atoms with Crippen molar-refractivity contribution in [2.24, 2.45) is 5.73 Å². The maximum absolute atomic E-state index is 11.4. The van der Waals surface area contributed by atoms with Crippen LogP contribution in [0.25, 0.3) is 0 Å². The van der Waals surface area contributed by atoms with E-state index >= 15 is 0 Å². The topological polar surface area (TPSA) is 122 Å². The summed E-state index contributed by atoms with van der Waals surface area (Å²) in [6, 6.07) is 3.54. The highest BCUT2D eigenvalue weighted by molar-refractivity contribution is 5.90. The number of carbonyl (C=O) groups excluding carboxylic acids is 2. The van der Waals surface area contributed by atoms with Crippen LogP contribution in [0.1, 0.15) is 17.3 Å². The molecule has 0 radical (unpaired) electrons. The third kappa shape index (κ3) is 3.95. The van der Waals surface area contributed by atoms with Gasteiger partial charge in [0.25, 0.3) is 5.91 Å². The number of nitro benzene ring substituents is 1. The molecule has 0 aliphatic heterocycles. The molecular weight excluding hydrogens is 256 g/mol. The number of nitro groups is 1. The number of hydrogen-bond donors (Lipinski definition) is 1. The van der Waals surface area contributed by atoms with Gasteiger partial charge >= 0.3 is 11.7 Å². The number of carbonyl (C=O) groups is 2. The van der Waals surface area contributed by atoms with Crippen molar-refractivity contribution < 1.29 is 24.0 Å². The van der Waals surface area contributed by atoms with Crippen molar-refractivity contribution in [3.05, 3.63) is 33.9 Å². The Morgan fingerprint density at radius 2 is 2.11 bits per heavy atom. The van der Waals surface area contributed by atoms with Crippen LogP contribution in [0, 0.1) is 10.1 Å².